The summed E-state index contributed by atoms with van der Waals surface area (Å²) in [5.41, 5.74) is 4.27. The Balaban J connectivity index is 1.40. The molecule has 28 heteroatoms. The van der Waals surface area contributed by atoms with Crippen LogP contribution in [0.1, 0.15) is 84.8 Å². The summed E-state index contributed by atoms with van der Waals surface area (Å²) in [5, 5.41) is 26.5. The van der Waals surface area contributed by atoms with E-state index < -0.39 is 84.6 Å². The number of aromatic nitrogens is 4. The molecule has 1 fully saturated rings. The Hall–Kier alpha value is -2.70. The van der Waals surface area contributed by atoms with Crippen LogP contribution in [-0.4, -0.2) is 123 Å². The lowest BCUT2D eigenvalue weighted by Crippen LogP contribution is -2.46. The van der Waals surface area contributed by atoms with E-state index in [-0.39, 0.29) is 41.6 Å². The molecule has 24 nitrogen and oxygen atoms in total. The minimum atomic E-state index is -5.57. The zero-order valence-electron chi connectivity index (χ0n) is 33.9. The summed E-state index contributed by atoms with van der Waals surface area (Å²) in [7, 11) is -16.4. The first kappa shape index (κ1) is 52.6. The minimum Gasteiger partial charge on any atom is -0.386 e. The van der Waals surface area contributed by atoms with Crippen molar-refractivity contribution >= 4 is 69.1 Å². The maximum absolute atomic E-state index is 12.7. The number of hydrogen-bond donors (Lipinski definition) is 9. The summed E-state index contributed by atoms with van der Waals surface area (Å²) in [6.07, 6.45) is 5.42. The van der Waals surface area contributed by atoms with Gasteiger partial charge in [-0.25, -0.2) is 28.6 Å². The monoisotopic (exact) mass is 947 g/mol. The number of nitrogen functional groups attached to an aromatic ring is 1. The van der Waals surface area contributed by atoms with Gasteiger partial charge in [0.05, 0.1) is 19.5 Å². The standard InChI is InChI=1S/C33H56N7O17P3S/c1-4-5-6-7-8-9-10-11-12-13-24(42)61-17-16-35-23(41)14-15-36-31(45)28(44)33(2,3)19-54-60(51,52)57-59(49,50)53-18-22-27(56-58(46,47)48)26(43)32(55-22)40-21-39-25-29(34)37-20-38-30(25)40/h11-12,20-22,26-28,32,43-44H,4-10,13-19H2,1-3H3,(H,35,41)(H,36,45)(H,49,50)(H,51,52)(H2,34,37,38)(H2,46,47,48)/b12-11-/t22-,26-,27-,28?,32-/m1/s1. The van der Waals surface area contributed by atoms with Crippen LogP contribution in [0, 0.1) is 5.41 Å². The fourth-order valence-electron chi connectivity index (χ4n) is 5.69. The Bertz CT molecular complexity index is 1940. The summed E-state index contributed by atoms with van der Waals surface area (Å²) < 4.78 is 62.3. The van der Waals surface area contributed by atoms with Gasteiger partial charge < -0.3 is 50.9 Å². The minimum absolute atomic E-state index is 0.0228. The van der Waals surface area contributed by atoms with Gasteiger partial charge in [-0.2, -0.15) is 4.31 Å². The molecule has 0 bridgehead atoms. The number of rotatable bonds is 28. The van der Waals surface area contributed by atoms with Gasteiger partial charge in [0.15, 0.2) is 22.8 Å². The third-order valence-corrected chi connectivity index (χ3v) is 12.9. The average molecular weight is 948 g/mol. The van der Waals surface area contributed by atoms with Crippen LogP contribution >= 0.6 is 35.2 Å². The highest BCUT2D eigenvalue weighted by atomic mass is 32.2. The van der Waals surface area contributed by atoms with Crippen LogP contribution in [0.3, 0.4) is 0 Å². The van der Waals surface area contributed by atoms with E-state index in [1.807, 2.05) is 12.2 Å². The highest BCUT2D eigenvalue weighted by Gasteiger charge is 2.50. The van der Waals surface area contributed by atoms with Gasteiger partial charge in [0.25, 0.3) is 0 Å². The number of amides is 2. The van der Waals surface area contributed by atoms with Crippen LogP contribution in [0.2, 0.25) is 0 Å². The van der Waals surface area contributed by atoms with Crippen molar-refractivity contribution in [1.82, 2.24) is 30.2 Å². The van der Waals surface area contributed by atoms with Crippen molar-refractivity contribution in [3.05, 3.63) is 24.8 Å². The van der Waals surface area contributed by atoms with Crippen molar-refractivity contribution in [3.63, 3.8) is 0 Å². The van der Waals surface area contributed by atoms with Crippen molar-refractivity contribution in [2.24, 2.45) is 5.41 Å². The molecule has 7 atom stereocenters. The normalized spacial score (nSPS) is 21.0. The Morgan fingerprint density at radius 3 is 2.39 bits per heavy atom. The van der Waals surface area contributed by atoms with Crippen LogP contribution < -0.4 is 16.4 Å². The number of carbonyl (C=O) groups is 3. The van der Waals surface area contributed by atoms with Crippen LogP contribution in [0.4, 0.5) is 5.82 Å². The number of unbranched alkanes of at least 4 members (excludes halogenated alkanes) is 6. The molecule has 346 valence electrons. The summed E-state index contributed by atoms with van der Waals surface area (Å²) in [5.74, 6) is -1.08. The summed E-state index contributed by atoms with van der Waals surface area (Å²) in [4.78, 5) is 87.9. The number of fused-ring (bicyclic) bond motifs is 1. The molecule has 0 radical (unpaired) electrons. The van der Waals surface area contributed by atoms with E-state index in [2.05, 4.69) is 41.3 Å². The number of carbonyl (C=O) groups excluding carboxylic acids is 3. The second-order valence-electron chi connectivity index (χ2n) is 14.5. The topological polar surface area (TPSA) is 364 Å². The largest absolute Gasteiger partial charge is 0.481 e. The summed E-state index contributed by atoms with van der Waals surface area (Å²) in [6, 6.07) is 0. The lowest BCUT2D eigenvalue weighted by Gasteiger charge is -2.30. The van der Waals surface area contributed by atoms with E-state index >= 15 is 0 Å². The molecule has 2 aromatic rings. The molecule has 61 heavy (non-hydrogen) atoms. The first-order valence-corrected chi connectivity index (χ1v) is 24.8. The molecule has 3 unspecified atom stereocenters. The molecule has 2 amide bonds. The van der Waals surface area contributed by atoms with E-state index in [0.717, 1.165) is 41.8 Å². The number of phosphoric acid groups is 3. The number of nitrogens with zero attached hydrogens (tertiary/aromatic N) is 4. The van der Waals surface area contributed by atoms with E-state index in [1.54, 1.807) is 0 Å². The van der Waals surface area contributed by atoms with Gasteiger partial charge in [0.1, 0.15) is 36.3 Å². The fourth-order valence-corrected chi connectivity index (χ4v) is 9.17. The van der Waals surface area contributed by atoms with Gasteiger partial charge in [0, 0.05) is 37.1 Å². The number of imidazole rings is 1. The fraction of sp³-hybridized carbons (Fsp3) is 0.697. The van der Waals surface area contributed by atoms with Crippen LogP contribution in [0.5, 0.6) is 0 Å². The van der Waals surface area contributed by atoms with Crippen molar-refractivity contribution in [2.75, 3.05) is 37.8 Å². The Morgan fingerprint density at radius 2 is 1.69 bits per heavy atom. The number of aliphatic hydroxyl groups is 2. The molecule has 0 spiro atoms. The predicted molar refractivity (Wildman–Crippen MR) is 219 cm³/mol. The predicted octanol–water partition coefficient (Wildman–Crippen LogP) is 2.36. The van der Waals surface area contributed by atoms with Gasteiger partial charge in [0.2, 0.25) is 11.8 Å². The number of aliphatic hydroxyl groups excluding tert-OH is 2. The van der Waals surface area contributed by atoms with Crippen molar-refractivity contribution < 1.29 is 80.5 Å². The van der Waals surface area contributed by atoms with Gasteiger partial charge in [-0.05, 0) is 12.8 Å². The molecule has 3 heterocycles. The van der Waals surface area contributed by atoms with Gasteiger partial charge in [-0.15, -0.1) is 0 Å². The van der Waals surface area contributed by atoms with E-state index in [4.69, 9.17) is 19.5 Å². The molecule has 1 aliphatic rings. The molecule has 3 rings (SSSR count). The van der Waals surface area contributed by atoms with Crippen molar-refractivity contribution in [3.8, 4) is 0 Å². The Morgan fingerprint density at radius 1 is 1.00 bits per heavy atom. The molecular weight excluding hydrogens is 891 g/mol. The molecule has 0 aromatic carbocycles. The first-order valence-electron chi connectivity index (χ1n) is 19.3. The molecule has 0 aliphatic carbocycles. The third-order valence-electron chi connectivity index (χ3n) is 8.94. The zero-order valence-corrected chi connectivity index (χ0v) is 37.4. The second-order valence-corrected chi connectivity index (χ2v) is 19.9. The quantitative estimate of drug-likeness (QED) is 0.0336. The number of hydrogen-bond acceptors (Lipinski definition) is 18. The summed E-state index contributed by atoms with van der Waals surface area (Å²) >= 11 is 1.10. The van der Waals surface area contributed by atoms with E-state index in [9.17, 15) is 57.9 Å². The number of nitrogens with one attached hydrogen (secondary N) is 2. The Kier molecular flexibility index (Phi) is 21.0. The van der Waals surface area contributed by atoms with Gasteiger partial charge in [-0.1, -0.05) is 76.8 Å². The maximum atomic E-state index is 12.7. The zero-order chi connectivity index (χ0) is 45.4. The number of anilines is 1. The third kappa shape index (κ3) is 18.1. The number of nitrogens with two attached hydrogens (primary N) is 1. The van der Waals surface area contributed by atoms with Gasteiger partial charge in [-0.3, -0.25) is 32.5 Å². The average Bonchev–Trinajstić information content (AvgIpc) is 3.73. The van der Waals surface area contributed by atoms with Crippen LogP contribution in [0.15, 0.2) is 24.8 Å². The van der Waals surface area contributed by atoms with Crippen molar-refractivity contribution in [1.29, 1.82) is 0 Å². The van der Waals surface area contributed by atoms with Crippen LogP contribution in [-0.2, 0) is 50.7 Å². The van der Waals surface area contributed by atoms with E-state index in [1.165, 1.54) is 46.0 Å². The molecular formula is C33H56N7O17P3S. The maximum Gasteiger partial charge on any atom is 0.481 e. The number of ether oxygens (including phenoxy) is 1. The smallest absolute Gasteiger partial charge is 0.386 e. The van der Waals surface area contributed by atoms with Crippen molar-refractivity contribution in [2.45, 2.75) is 109 Å². The number of phosphoric ester groups is 3. The molecule has 10 N–H and O–H groups in total. The molecule has 2 aromatic heterocycles. The lowest BCUT2D eigenvalue weighted by atomic mass is 9.87. The summed E-state index contributed by atoms with van der Waals surface area (Å²) in [6.45, 7) is 2.70. The SMILES string of the molecule is CCCCCCCC/C=C\CC(=O)SCCNC(=O)CCNC(=O)C(O)C(C)(C)COP(=O)(O)OP(=O)(O)OC[C@H]1O[C@@H](n2cnc3c(N)ncnc32)[C@H](O)[C@@H]1OP(=O)(O)O. The van der Waals surface area contributed by atoms with E-state index in [0.29, 0.717) is 12.2 Å². The number of allylic oxidation sites excluding steroid dienone is 2. The lowest BCUT2D eigenvalue weighted by molar-refractivity contribution is -0.137. The highest BCUT2D eigenvalue weighted by Crippen LogP contribution is 2.61. The highest BCUT2D eigenvalue weighted by molar-refractivity contribution is 8.13. The van der Waals surface area contributed by atoms with Crippen LogP contribution in [0.25, 0.3) is 11.2 Å². The molecule has 0 saturated carbocycles. The first-order chi connectivity index (χ1) is 28.6. The van der Waals surface area contributed by atoms with Gasteiger partial charge >= 0.3 is 23.5 Å². The number of thioether (sulfide) groups is 1. The Labute approximate surface area is 356 Å². The second kappa shape index (κ2) is 24.4. The molecule has 1 saturated heterocycles. The molecule has 1 aliphatic heterocycles.